The number of unbranched alkanes of at least 4 members (excludes halogenated alkanes) is 28. The van der Waals surface area contributed by atoms with Crippen molar-refractivity contribution in [2.75, 3.05) is 26.4 Å². The number of phosphoric acid groups is 1. The molecular weight excluding hydrogens is 665 g/mol. The van der Waals surface area contributed by atoms with E-state index in [-0.39, 0.29) is 38.6 Å². The smallest absolute Gasteiger partial charge is 0.462 e. The summed E-state index contributed by atoms with van der Waals surface area (Å²) in [4.78, 5) is 34.5. The molecule has 0 saturated heterocycles. The molecule has 2 unspecified atom stereocenters. The molecule has 0 aromatic carbocycles. The van der Waals surface area contributed by atoms with Gasteiger partial charge in [-0.3, -0.25) is 18.6 Å². The molecule has 0 saturated carbocycles. The van der Waals surface area contributed by atoms with Gasteiger partial charge in [-0.2, -0.15) is 0 Å². The molecule has 304 valence electrons. The van der Waals surface area contributed by atoms with E-state index in [2.05, 4.69) is 13.8 Å². The zero-order valence-corrected chi connectivity index (χ0v) is 34.3. The molecule has 3 N–H and O–H groups in total. The second-order valence-electron chi connectivity index (χ2n) is 14.6. The van der Waals surface area contributed by atoms with E-state index >= 15 is 0 Å². The van der Waals surface area contributed by atoms with Gasteiger partial charge in [0.1, 0.15) is 6.61 Å². The molecule has 0 rings (SSSR count). The predicted octanol–water partition coefficient (Wildman–Crippen LogP) is 12.1. The third-order valence-corrected chi connectivity index (χ3v) is 10.5. The van der Waals surface area contributed by atoms with Crippen LogP contribution in [0.4, 0.5) is 0 Å². The van der Waals surface area contributed by atoms with E-state index in [4.69, 9.17) is 24.3 Å². The molecule has 0 aromatic rings. The van der Waals surface area contributed by atoms with Crippen molar-refractivity contribution in [2.45, 2.75) is 225 Å². The molecule has 0 bridgehead atoms. The lowest BCUT2D eigenvalue weighted by atomic mass is 10.0. The number of phosphoric ester groups is 1. The van der Waals surface area contributed by atoms with Crippen LogP contribution in [-0.2, 0) is 32.7 Å². The molecule has 10 heteroatoms. The van der Waals surface area contributed by atoms with Gasteiger partial charge >= 0.3 is 19.8 Å². The van der Waals surface area contributed by atoms with Crippen molar-refractivity contribution >= 4 is 19.8 Å². The fourth-order valence-corrected chi connectivity index (χ4v) is 7.05. The van der Waals surface area contributed by atoms with Crippen molar-refractivity contribution in [2.24, 2.45) is 5.73 Å². The second-order valence-corrected chi connectivity index (χ2v) is 16.0. The van der Waals surface area contributed by atoms with Gasteiger partial charge in [-0.25, -0.2) is 4.57 Å². The van der Waals surface area contributed by atoms with E-state index in [1.807, 2.05) is 0 Å². The largest absolute Gasteiger partial charge is 0.472 e. The molecule has 51 heavy (non-hydrogen) atoms. The fraction of sp³-hybridized carbons (Fsp3) is 0.951. The average Bonchev–Trinajstić information content (AvgIpc) is 3.11. The summed E-state index contributed by atoms with van der Waals surface area (Å²) in [5.41, 5.74) is 5.33. The molecule has 0 aliphatic rings. The van der Waals surface area contributed by atoms with Gasteiger partial charge in [0.05, 0.1) is 13.2 Å². The Morgan fingerprint density at radius 2 is 0.843 bits per heavy atom. The first-order valence-electron chi connectivity index (χ1n) is 21.5. The number of rotatable bonds is 41. The molecule has 0 amide bonds. The highest BCUT2D eigenvalue weighted by Crippen LogP contribution is 2.43. The van der Waals surface area contributed by atoms with Crippen molar-refractivity contribution in [3.8, 4) is 0 Å². The van der Waals surface area contributed by atoms with E-state index in [1.54, 1.807) is 0 Å². The monoisotopic (exact) mass is 748 g/mol. The minimum atomic E-state index is -4.36. The minimum absolute atomic E-state index is 0.0575. The zero-order chi connectivity index (χ0) is 37.5. The highest BCUT2D eigenvalue weighted by molar-refractivity contribution is 7.47. The Bertz CT molecular complexity index is 815. The normalized spacial score (nSPS) is 13.3. The Balaban J connectivity index is 3.87. The van der Waals surface area contributed by atoms with Crippen molar-refractivity contribution in [1.29, 1.82) is 0 Å². The van der Waals surface area contributed by atoms with Crippen LogP contribution in [0.3, 0.4) is 0 Å². The van der Waals surface area contributed by atoms with E-state index < -0.39 is 26.5 Å². The van der Waals surface area contributed by atoms with Crippen LogP contribution >= 0.6 is 7.82 Å². The molecule has 0 aliphatic heterocycles. The number of ether oxygens (including phenoxy) is 2. The predicted molar refractivity (Wildman–Crippen MR) is 211 cm³/mol. The van der Waals surface area contributed by atoms with Crippen LogP contribution < -0.4 is 5.73 Å². The highest BCUT2D eigenvalue weighted by atomic mass is 31.2. The van der Waals surface area contributed by atoms with E-state index in [1.165, 1.54) is 148 Å². The maximum absolute atomic E-state index is 12.5. The first-order chi connectivity index (χ1) is 24.8. The van der Waals surface area contributed by atoms with Gasteiger partial charge in [-0.05, 0) is 12.8 Å². The minimum Gasteiger partial charge on any atom is -0.462 e. The second kappa shape index (κ2) is 38.7. The molecule has 0 spiro atoms. The molecule has 9 nitrogen and oxygen atoms in total. The third-order valence-electron chi connectivity index (χ3n) is 9.49. The summed E-state index contributed by atoms with van der Waals surface area (Å²) in [5, 5.41) is 0. The summed E-state index contributed by atoms with van der Waals surface area (Å²) in [6, 6.07) is 0. The Morgan fingerprint density at radius 3 is 1.20 bits per heavy atom. The van der Waals surface area contributed by atoms with Crippen LogP contribution in [0, 0.1) is 0 Å². The first-order valence-corrected chi connectivity index (χ1v) is 23.0. The summed E-state index contributed by atoms with van der Waals surface area (Å²) in [5.74, 6) is -0.826. The summed E-state index contributed by atoms with van der Waals surface area (Å²) in [6.45, 7) is 3.69. The maximum Gasteiger partial charge on any atom is 0.472 e. The number of nitrogens with two attached hydrogens (primary N) is 1. The van der Waals surface area contributed by atoms with Gasteiger partial charge in [-0.15, -0.1) is 0 Å². The zero-order valence-electron chi connectivity index (χ0n) is 33.4. The lowest BCUT2D eigenvalue weighted by Crippen LogP contribution is -2.29. The quantitative estimate of drug-likeness (QED) is 0.0356. The van der Waals surface area contributed by atoms with Gasteiger partial charge in [0, 0.05) is 19.4 Å². The van der Waals surface area contributed by atoms with Gasteiger partial charge in [0.15, 0.2) is 6.10 Å². The van der Waals surface area contributed by atoms with Crippen molar-refractivity contribution in [3.63, 3.8) is 0 Å². The lowest BCUT2D eigenvalue weighted by molar-refractivity contribution is -0.161. The number of hydrogen-bond donors (Lipinski definition) is 2. The maximum atomic E-state index is 12.5. The lowest BCUT2D eigenvalue weighted by Gasteiger charge is -2.19. The molecular formula is C41H82NO8P. The van der Waals surface area contributed by atoms with Gasteiger partial charge < -0.3 is 20.1 Å². The number of carbonyl (C=O) groups is 2. The van der Waals surface area contributed by atoms with Crippen molar-refractivity contribution < 1.29 is 37.6 Å². The summed E-state index contributed by atoms with van der Waals surface area (Å²) < 4.78 is 32.6. The molecule has 0 aromatic heterocycles. The van der Waals surface area contributed by atoms with Crippen LogP contribution in [-0.4, -0.2) is 49.3 Å². The topological polar surface area (TPSA) is 134 Å². The Labute approximate surface area is 314 Å². The number of hydrogen-bond acceptors (Lipinski definition) is 8. The van der Waals surface area contributed by atoms with Crippen LogP contribution in [0.15, 0.2) is 0 Å². The van der Waals surface area contributed by atoms with Gasteiger partial charge in [0.2, 0.25) is 0 Å². The number of esters is 2. The van der Waals surface area contributed by atoms with E-state index in [9.17, 15) is 19.0 Å². The Morgan fingerprint density at radius 1 is 0.510 bits per heavy atom. The van der Waals surface area contributed by atoms with E-state index in [0.717, 1.165) is 38.5 Å². The van der Waals surface area contributed by atoms with Crippen LogP contribution in [0.5, 0.6) is 0 Å². The molecule has 0 radical (unpaired) electrons. The summed E-state index contributed by atoms with van der Waals surface area (Å²) in [6.07, 6.45) is 37.5. The summed E-state index contributed by atoms with van der Waals surface area (Å²) in [7, 11) is -4.36. The van der Waals surface area contributed by atoms with Crippen molar-refractivity contribution in [3.05, 3.63) is 0 Å². The van der Waals surface area contributed by atoms with E-state index in [0.29, 0.717) is 6.42 Å². The van der Waals surface area contributed by atoms with Crippen LogP contribution in [0.25, 0.3) is 0 Å². The Kier molecular flexibility index (Phi) is 38.0. The first kappa shape index (κ1) is 50.0. The average molecular weight is 748 g/mol. The van der Waals surface area contributed by atoms with Crippen LogP contribution in [0.1, 0.15) is 219 Å². The standard InChI is InChI=1S/C41H82NO8P/c1-3-5-7-9-11-12-13-14-15-16-17-18-19-20-21-22-23-24-25-26-27-28-30-32-34-41(44)50-39(38-49-51(45,46)48-36-35-42)37-47-40(43)33-31-29-10-8-6-4-2/h39H,3-38,42H2,1-2H3,(H,45,46). The van der Waals surface area contributed by atoms with Gasteiger partial charge in [0.25, 0.3) is 0 Å². The van der Waals surface area contributed by atoms with Gasteiger partial charge in [-0.1, -0.05) is 194 Å². The summed E-state index contributed by atoms with van der Waals surface area (Å²) >= 11 is 0. The highest BCUT2D eigenvalue weighted by Gasteiger charge is 2.26. The fourth-order valence-electron chi connectivity index (χ4n) is 6.28. The number of carbonyl (C=O) groups excluding carboxylic acids is 2. The molecule has 0 aliphatic carbocycles. The SMILES string of the molecule is CCCCCCCCCCCCCCCCCCCCCCCCCCC(=O)OC(COC(=O)CCCCCCCC)COP(=O)(O)OCCN. The molecule has 0 fully saturated rings. The Hall–Kier alpha value is -0.990. The molecule has 0 heterocycles. The molecule has 2 atom stereocenters. The van der Waals surface area contributed by atoms with Crippen molar-refractivity contribution in [1.82, 2.24) is 0 Å². The van der Waals surface area contributed by atoms with Crippen LogP contribution in [0.2, 0.25) is 0 Å². The third kappa shape index (κ3) is 38.5.